The first kappa shape index (κ1) is 20.9. The maximum absolute atomic E-state index is 12.7. The lowest BCUT2D eigenvalue weighted by Gasteiger charge is -2.35. The summed E-state index contributed by atoms with van der Waals surface area (Å²) < 4.78 is 1.86. The average molecular weight is 422 g/mol. The van der Waals surface area contributed by atoms with Crippen LogP contribution >= 0.6 is 0 Å². The Labute approximate surface area is 180 Å². The Morgan fingerprint density at radius 3 is 2.26 bits per heavy atom. The number of hydrogen-bond acceptors (Lipinski definition) is 4. The lowest BCUT2D eigenvalue weighted by molar-refractivity contribution is -0.121. The van der Waals surface area contributed by atoms with E-state index in [0.29, 0.717) is 11.4 Å². The van der Waals surface area contributed by atoms with Gasteiger partial charge in [-0.1, -0.05) is 12.1 Å². The van der Waals surface area contributed by atoms with Gasteiger partial charge in [0.1, 0.15) is 0 Å². The first-order valence-electron chi connectivity index (χ1n) is 10.5. The SMILES string of the molecule is CC(=O)Nc1ccc(NC(=O)[C@@H](C)N2CCC(n3c(=O)[nH]c4ccccc43)CC2)cc1. The molecule has 2 heterocycles. The molecule has 162 valence electrons. The number of piperidine rings is 1. The summed E-state index contributed by atoms with van der Waals surface area (Å²) in [5.41, 5.74) is 3.08. The summed E-state index contributed by atoms with van der Waals surface area (Å²) in [4.78, 5) is 41.4. The molecule has 31 heavy (non-hydrogen) atoms. The van der Waals surface area contributed by atoms with Gasteiger partial charge < -0.3 is 15.6 Å². The van der Waals surface area contributed by atoms with Gasteiger partial charge in [-0.25, -0.2) is 4.79 Å². The highest BCUT2D eigenvalue weighted by molar-refractivity contribution is 5.95. The quantitative estimate of drug-likeness (QED) is 0.590. The predicted octanol–water partition coefficient (Wildman–Crippen LogP) is 2.95. The van der Waals surface area contributed by atoms with E-state index in [2.05, 4.69) is 20.5 Å². The third-order valence-corrected chi connectivity index (χ3v) is 5.89. The molecule has 2 aromatic carbocycles. The number of benzene rings is 2. The molecule has 1 aliphatic rings. The summed E-state index contributed by atoms with van der Waals surface area (Å²) in [6, 6.07) is 14.6. The molecule has 8 nitrogen and oxygen atoms in total. The van der Waals surface area contributed by atoms with E-state index in [1.165, 1.54) is 6.92 Å². The van der Waals surface area contributed by atoms with Crippen LogP contribution in [0, 0.1) is 0 Å². The Bertz CT molecular complexity index is 1140. The molecule has 0 saturated carbocycles. The minimum Gasteiger partial charge on any atom is -0.326 e. The number of hydrogen-bond donors (Lipinski definition) is 3. The van der Waals surface area contributed by atoms with Crippen LogP contribution in [0.1, 0.15) is 32.7 Å². The highest BCUT2D eigenvalue weighted by Crippen LogP contribution is 2.26. The second kappa shape index (κ2) is 8.77. The van der Waals surface area contributed by atoms with Crippen LogP contribution in [-0.4, -0.2) is 45.4 Å². The fourth-order valence-corrected chi connectivity index (χ4v) is 4.22. The van der Waals surface area contributed by atoms with Gasteiger partial charge in [-0.15, -0.1) is 0 Å². The molecule has 8 heteroatoms. The summed E-state index contributed by atoms with van der Waals surface area (Å²) in [6.07, 6.45) is 1.62. The number of fused-ring (bicyclic) bond motifs is 1. The van der Waals surface area contributed by atoms with Crippen molar-refractivity contribution in [2.75, 3.05) is 23.7 Å². The highest BCUT2D eigenvalue weighted by atomic mass is 16.2. The third-order valence-electron chi connectivity index (χ3n) is 5.89. The molecule has 1 aromatic heterocycles. The van der Waals surface area contributed by atoms with Gasteiger partial charge in [0.15, 0.2) is 0 Å². The van der Waals surface area contributed by atoms with Crippen molar-refractivity contribution in [1.29, 1.82) is 0 Å². The normalized spacial score (nSPS) is 16.2. The number of aromatic amines is 1. The van der Waals surface area contributed by atoms with E-state index in [1.807, 2.05) is 35.8 Å². The smallest absolute Gasteiger partial charge is 0.326 e. The summed E-state index contributed by atoms with van der Waals surface area (Å²) in [5, 5.41) is 5.64. The highest BCUT2D eigenvalue weighted by Gasteiger charge is 2.28. The molecule has 1 saturated heterocycles. The Balaban J connectivity index is 1.36. The maximum Gasteiger partial charge on any atom is 0.326 e. The summed E-state index contributed by atoms with van der Waals surface area (Å²) in [5.74, 6) is -0.210. The van der Waals surface area contributed by atoms with E-state index in [4.69, 9.17) is 0 Å². The first-order valence-corrected chi connectivity index (χ1v) is 10.5. The van der Waals surface area contributed by atoms with E-state index in [-0.39, 0.29) is 29.6 Å². The molecule has 1 atom stereocenters. The lowest BCUT2D eigenvalue weighted by atomic mass is 10.0. The number of amides is 2. The van der Waals surface area contributed by atoms with Gasteiger partial charge in [0.05, 0.1) is 17.1 Å². The van der Waals surface area contributed by atoms with Crippen molar-refractivity contribution in [3.05, 3.63) is 59.0 Å². The van der Waals surface area contributed by atoms with Crippen molar-refractivity contribution in [3.63, 3.8) is 0 Å². The van der Waals surface area contributed by atoms with Crippen molar-refractivity contribution in [1.82, 2.24) is 14.5 Å². The molecule has 0 aliphatic carbocycles. The van der Waals surface area contributed by atoms with Crippen LogP contribution in [0.25, 0.3) is 11.0 Å². The Morgan fingerprint density at radius 1 is 1.00 bits per heavy atom. The molecule has 2 amide bonds. The molecule has 1 aliphatic heterocycles. The van der Waals surface area contributed by atoms with E-state index >= 15 is 0 Å². The van der Waals surface area contributed by atoms with E-state index in [0.717, 1.165) is 37.0 Å². The van der Waals surface area contributed by atoms with Gasteiger partial charge in [0.2, 0.25) is 11.8 Å². The fraction of sp³-hybridized carbons (Fsp3) is 0.348. The Hall–Kier alpha value is -3.39. The van der Waals surface area contributed by atoms with Crippen LogP contribution in [-0.2, 0) is 9.59 Å². The zero-order valence-electron chi connectivity index (χ0n) is 17.7. The standard InChI is InChI=1S/C23H27N5O3/c1-15(22(30)25-18-9-7-17(8-10-18)24-16(2)29)27-13-11-19(12-14-27)28-21-6-4-3-5-20(21)26-23(28)31/h3-10,15,19H,11-14H2,1-2H3,(H,24,29)(H,25,30)(H,26,31)/t15-/m1/s1. The van der Waals surface area contributed by atoms with Gasteiger partial charge in [0.25, 0.3) is 0 Å². The van der Waals surface area contributed by atoms with Gasteiger partial charge in [-0.05, 0) is 56.2 Å². The number of anilines is 2. The molecule has 0 spiro atoms. The Kier molecular flexibility index (Phi) is 5.90. The molecule has 0 unspecified atom stereocenters. The van der Waals surface area contributed by atoms with Crippen molar-refractivity contribution < 1.29 is 9.59 Å². The van der Waals surface area contributed by atoms with Gasteiger partial charge in [-0.3, -0.25) is 19.1 Å². The number of likely N-dealkylation sites (tertiary alicyclic amines) is 1. The van der Waals surface area contributed by atoms with E-state index < -0.39 is 0 Å². The number of aromatic nitrogens is 2. The molecule has 0 bridgehead atoms. The van der Waals surface area contributed by atoms with Gasteiger partial charge in [-0.2, -0.15) is 0 Å². The van der Waals surface area contributed by atoms with Crippen LogP contribution < -0.4 is 16.3 Å². The molecule has 0 radical (unpaired) electrons. The number of carbonyl (C=O) groups is 2. The number of rotatable bonds is 5. The molecule has 3 N–H and O–H groups in total. The van der Waals surface area contributed by atoms with Crippen LogP contribution in [0.15, 0.2) is 53.3 Å². The topological polar surface area (TPSA) is 99.2 Å². The van der Waals surface area contributed by atoms with Crippen LogP contribution in [0.2, 0.25) is 0 Å². The van der Waals surface area contributed by atoms with Crippen molar-refractivity contribution in [2.45, 2.75) is 38.8 Å². The zero-order valence-corrected chi connectivity index (χ0v) is 17.7. The van der Waals surface area contributed by atoms with E-state index in [1.54, 1.807) is 24.3 Å². The van der Waals surface area contributed by atoms with Gasteiger partial charge >= 0.3 is 5.69 Å². The Morgan fingerprint density at radius 2 is 1.61 bits per heavy atom. The number of nitrogens with one attached hydrogen (secondary N) is 3. The number of carbonyl (C=O) groups excluding carboxylic acids is 2. The largest absolute Gasteiger partial charge is 0.326 e. The maximum atomic E-state index is 12.7. The third kappa shape index (κ3) is 4.54. The molecule has 1 fully saturated rings. The number of H-pyrrole nitrogens is 1. The minimum atomic E-state index is -0.282. The monoisotopic (exact) mass is 421 g/mol. The van der Waals surface area contributed by atoms with Crippen molar-refractivity contribution in [2.24, 2.45) is 0 Å². The van der Waals surface area contributed by atoms with Crippen LogP contribution in [0.4, 0.5) is 11.4 Å². The molecule has 3 aromatic rings. The van der Waals surface area contributed by atoms with Gasteiger partial charge in [0, 0.05) is 37.4 Å². The molecular weight excluding hydrogens is 394 g/mol. The lowest BCUT2D eigenvalue weighted by Crippen LogP contribution is -2.46. The number of imidazole rings is 1. The zero-order chi connectivity index (χ0) is 22.0. The second-order valence-electron chi connectivity index (χ2n) is 8.01. The second-order valence-corrected chi connectivity index (χ2v) is 8.01. The summed E-state index contributed by atoms with van der Waals surface area (Å²) in [6.45, 7) is 4.84. The van der Waals surface area contributed by atoms with Crippen LogP contribution in [0.3, 0.4) is 0 Å². The number of para-hydroxylation sites is 2. The fourth-order valence-electron chi connectivity index (χ4n) is 4.22. The van der Waals surface area contributed by atoms with Crippen LogP contribution in [0.5, 0.6) is 0 Å². The number of nitrogens with zero attached hydrogens (tertiary/aromatic N) is 2. The predicted molar refractivity (Wildman–Crippen MR) is 121 cm³/mol. The summed E-state index contributed by atoms with van der Waals surface area (Å²) in [7, 11) is 0. The van der Waals surface area contributed by atoms with E-state index in [9.17, 15) is 14.4 Å². The molecular formula is C23H27N5O3. The summed E-state index contributed by atoms with van der Waals surface area (Å²) >= 11 is 0. The molecule has 4 rings (SSSR count). The first-order chi connectivity index (χ1) is 14.9. The van der Waals surface area contributed by atoms with Crippen molar-refractivity contribution >= 4 is 34.2 Å². The minimum absolute atomic E-state index is 0.0741. The average Bonchev–Trinajstić information content (AvgIpc) is 3.10. The van der Waals surface area contributed by atoms with Crippen molar-refractivity contribution in [3.8, 4) is 0 Å².